The minimum atomic E-state index is -4.61. The highest BCUT2D eigenvalue weighted by Crippen LogP contribution is 2.37. The average Bonchev–Trinajstić information content (AvgIpc) is 2.44. The summed E-state index contributed by atoms with van der Waals surface area (Å²) in [4.78, 5) is 24.9. The Morgan fingerprint density at radius 2 is 1.77 bits per heavy atom. The van der Waals surface area contributed by atoms with Gasteiger partial charge >= 0.3 is 12.3 Å². The number of ether oxygens (including phenoxy) is 1. The van der Waals surface area contributed by atoms with Crippen molar-refractivity contribution in [2.75, 3.05) is 30.9 Å². The fourth-order valence-corrected chi connectivity index (χ4v) is 1.96. The molecule has 6 nitrogen and oxygen atoms in total. The summed E-state index contributed by atoms with van der Waals surface area (Å²) >= 11 is 0. The Kier molecular flexibility index (Phi) is 6.88. The number of benzene rings is 1. The Morgan fingerprint density at radius 3 is 2.27 bits per heavy atom. The predicted octanol–water partition coefficient (Wildman–Crippen LogP) is 3.62. The molecule has 9 heteroatoms. The van der Waals surface area contributed by atoms with Crippen LogP contribution in [0.5, 0.6) is 0 Å². The van der Waals surface area contributed by atoms with E-state index in [1.807, 2.05) is 0 Å². The normalized spacial score (nSPS) is 11.7. The first-order valence-corrected chi connectivity index (χ1v) is 7.95. The molecule has 1 rings (SSSR count). The molecule has 146 valence electrons. The molecule has 1 aromatic rings. The maximum Gasteiger partial charge on any atom is 0.418 e. The zero-order chi connectivity index (χ0) is 20.1. The lowest BCUT2D eigenvalue weighted by Gasteiger charge is -2.20. The van der Waals surface area contributed by atoms with Gasteiger partial charge in [0.2, 0.25) is 5.91 Å². The molecule has 0 saturated heterocycles. The molecule has 1 aromatic carbocycles. The van der Waals surface area contributed by atoms with Crippen molar-refractivity contribution in [3.63, 3.8) is 0 Å². The van der Waals surface area contributed by atoms with Crippen molar-refractivity contribution in [2.45, 2.75) is 39.0 Å². The van der Waals surface area contributed by atoms with E-state index in [4.69, 9.17) is 4.74 Å². The summed E-state index contributed by atoms with van der Waals surface area (Å²) in [6.07, 6.45) is -5.49. The van der Waals surface area contributed by atoms with Gasteiger partial charge in [0.15, 0.2) is 0 Å². The average molecular weight is 375 g/mol. The number of hydrogen-bond acceptors (Lipinski definition) is 4. The quantitative estimate of drug-likeness (QED) is 0.825. The van der Waals surface area contributed by atoms with Crippen LogP contribution in [0.1, 0.15) is 32.8 Å². The molecule has 0 unspecified atom stereocenters. The van der Waals surface area contributed by atoms with E-state index in [1.54, 1.807) is 34.9 Å². The van der Waals surface area contributed by atoms with Crippen LogP contribution < -0.4 is 15.5 Å². The van der Waals surface area contributed by atoms with E-state index < -0.39 is 29.3 Å². The molecule has 0 heterocycles. The van der Waals surface area contributed by atoms with Gasteiger partial charge in [0.1, 0.15) is 5.60 Å². The van der Waals surface area contributed by atoms with Crippen LogP contribution in [-0.4, -0.2) is 38.2 Å². The minimum absolute atomic E-state index is 0.0577. The summed E-state index contributed by atoms with van der Waals surface area (Å²) in [5, 5.41) is 4.61. The van der Waals surface area contributed by atoms with E-state index in [9.17, 15) is 22.8 Å². The summed E-state index contributed by atoms with van der Waals surface area (Å²) in [5.41, 5.74) is -1.58. The number of hydrogen-bond donors (Lipinski definition) is 2. The molecular formula is C17H24F3N3O3. The van der Waals surface area contributed by atoms with Gasteiger partial charge in [-0.3, -0.25) is 4.79 Å². The van der Waals surface area contributed by atoms with Crippen LogP contribution in [0.15, 0.2) is 18.2 Å². The number of nitrogens with one attached hydrogen (secondary N) is 2. The van der Waals surface area contributed by atoms with Crippen LogP contribution in [-0.2, 0) is 15.7 Å². The van der Waals surface area contributed by atoms with Gasteiger partial charge in [0.05, 0.1) is 11.3 Å². The first-order valence-electron chi connectivity index (χ1n) is 7.95. The monoisotopic (exact) mass is 375 g/mol. The predicted molar refractivity (Wildman–Crippen MR) is 93.3 cm³/mol. The van der Waals surface area contributed by atoms with E-state index in [0.717, 1.165) is 6.07 Å². The van der Waals surface area contributed by atoms with Crippen molar-refractivity contribution in [3.05, 3.63) is 23.8 Å². The van der Waals surface area contributed by atoms with Gasteiger partial charge in [-0.25, -0.2) is 4.79 Å². The first kappa shape index (κ1) is 21.6. The van der Waals surface area contributed by atoms with Crippen molar-refractivity contribution < 1.29 is 27.5 Å². The van der Waals surface area contributed by atoms with Gasteiger partial charge < -0.3 is 20.3 Å². The highest BCUT2D eigenvalue weighted by molar-refractivity contribution is 5.92. The van der Waals surface area contributed by atoms with Crippen LogP contribution in [0.4, 0.5) is 29.3 Å². The van der Waals surface area contributed by atoms with Crippen LogP contribution in [0, 0.1) is 0 Å². The van der Waals surface area contributed by atoms with E-state index in [-0.39, 0.29) is 18.7 Å². The van der Waals surface area contributed by atoms with Gasteiger partial charge in [-0.2, -0.15) is 13.2 Å². The van der Waals surface area contributed by atoms with Crippen molar-refractivity contribution in [3.8, 4) is 0 Å². The molecule has 2 N–H and O–H groups in total. The summed E-state index contributed by atoms with van der Waals surface area (Å²) in [7, 11) is 3.24. The van der Waals surface area contributed by atoms with Crippen molar-refractivity contribution in [1.29, 1.82) is 0 Å². The third kappa shape index (κ3) is 7.20. The molecule has 26 heavy (non-hydrogen) atoms. The van der Waals surface area contributed by atoms with Crippen molar-refractivity contribution >= 4 is 23.4 Å². The molecule has 0 bridgehead atoms. The maximum atomic E-state index is 13.2. The van der Waals surface area contributed by atoms with Crippen LogP contribution in [0.2, 0.25) is 0 Å². The molecule has 0 saturated carbocycles. The summed E-state index contributed by atoms with van der Waals surface area (Å²) in [6, 6.07) is 3.65. The molecule has 0 aliphatic rings. The number of alkyl halides is 3. The molecule has 0 atom stereocenters. The Labute approximate surface area is 150 Å². The molecule has 2 amide bonds. The standard InChI is InChI=1S/C17H24F3N3O3/c1-16(2,3)26-15(25)21-9-8-14(24)22-13-7-6-11(23(4)5)10-12(13)17(18,19)20/h6-7,10H,8-9H2,1-5H3,(H,21,25)(H,22,24). The molecule has 0 radical (unpaired) electrons. The highest BCUT2D eigenvalue weighted by atomic mass is 19.4. The fourth-order valence-electron chi connectivity index (χ4n) is 1.96. The highest BCUT2D eigenvalue weighted by Gasteiger charge is 2.34. The molecular weight excluding hydrogens is 351 g/mol. The minimum Gasteiger partial charge on any atom is -0.444 e. The number of halogens is 3. The van der Waals surface area contributed by atoms with Gasteiger partial charge in [-0.05, 0) is 39.0 Å². The van der Waals surface area contributed by atoms with Gasteiger partial charge in [0, 0.05) is 32.7 Å². The zero-order valence-electron chi connectivity index (χ0n) is 15.5. The van der Waals surface area contributed by atoms with Gasteiger partial charge in [-0.1, -0.05) is 0 Å². The Morgan fingerprint density at radius 1 is 1.15 bits per heavy atom. The second-order valence-corrected chi connectivity index (χ2v) is 6.85. The number of carbonyl (C=O) groups is 2. The second kappa shape index (κ2) is 8.29. The maximum absolute atomic E-state index is 13.2. The fraction of sp³-hybridized carbons (Fsp3) is 0.529. The number of carbonyl (C=O) groups excluding carboxylic acids is 2. The van der Waals surface area contributed by atoms with Crippen LogP contribution >= 0.6 is 0 Å². The topological polar surface area (TPSA) is 70.7 Å². The van der Waals surface area contributed by atoms with Crippen molar-refractivity contribution in [1.82, 2.24) is 5.32 Å². The number of anilines is 2. The molecule has 0 aliphatic heterocycles. The van der Waals surface area contributed by atoms with E-state index >= 15 is 0 Å². The van der Waals surface area contributed by atoms with Crippen LogP contribution in [0.25, 0.3) is 0 Å². The summed E-state index contributed by atoms with van der Waals surface area (Å²) in [6.45, 7) is 5.01. The number of amides is 2. The van der Waals surface area contributed by atoms with Crippen molar-refractivity contribution in [2.24, 2.45) is 0 Å². The molecule has 0 fully saturated rings. The lowest BCUT2D eigenvalue weighted by Crippen LogP contribution is -2.34. The summed E-state index contributed by atoms with van der Waals surface area (Å²) in [5.74, 6) is -0.649. The zero-order valence-corrected chi connectivity index (χ0v) is 15.5. The van der Waals surface area contributed by atoms with E-state index in [2.05, 4.69) is 10.6 Å². The Hall–Kier alpha value is -2.45. The third-order valence-electron chi connectivity index (χ3n) is 3.12. The van der Waals surface area contributed by atoms with Gasteiger partial charge in [-0.15, -0.1) is 0 Å². The van der Waals surface area contributed by atoms with Crippen LogP contribution in [0.3, 0.4) is 0 Å². The largest absolute Gasteiger partial charge is 0.444 e. The number of alkyl carbamates (subject to hydrolysis) is 1. The lowest BCUT2D eigenvalue weighted by molar-refractivity contribution is -0.136. The molecule has 0 aromatic heterocycles. The van der Waals surface area contributed by atoms with Gasteiger partial charge in [0.25, 0.3) is 0 Å². The van der Waals surface area contributed by atoms with E-state index in [0.29, 0.717) is 5.69 Å². The second-order valence-electron chi connectivity index (χ2n) is 6.85. The Bertz CT molecular complexity index is 653. The summed E-state index contributed by atoms with van der Waals surface area (Å²) < 4.78 is 44.6. The first-order chi connectivity index (χ1) is 11.8. The third-order valence-corrected chi connectivity index (χ3v) is 3.12. The smallest absolute Gasteiger partial charge is 0.418 e. The number of nitrogens with zero attached hydrogens (tertiary/aromatic N) is 1. The number of rotatable bonds is 5. The molecule has 0 aliphatic carbocycles. The lowest BCUT2D eigenvalue weighted by atomic mass is 10.1. The SMILES string of the molecule is CN(C)c1ccc(NC(=O)CCNC(=O)OC(C)(C)C)c(C(F)(F)F)c1. The van der Waals surface area contributed by atoms with E-state index in [1.165, 1.54) is 17.0 Å². The molecule has 0 spiro atoms. The Balaban J connectivity index is 2.70.